The molecule has 3 rings (SSSR count). The minimum absolute atomic E-state index is 0.227. The highest BCUT2D eigenvalue weighted by molar-refractivity contribution is 8.18. The van der Waals surface area contributed by atoms with Gasteiger partial charge >= 0.3 is 0 Å². The number of hydrogen-bond acceptors (Lipinski definition) is 3. The number of carbonyl (C=O) groups excluding carboxylic acids is 2. The number of likely N-dealkylation sites (N-methyl/N-ethyl adjacent to an activating group) is 1. The first-order chi connectivity index (χ1) is 11.3. The van der Waals surface area contributed by atoms with Crippen molar-refractivity contribution in [3.63, 3.8) is 0 Å². The molecule has 0 N–H and O–H groups in total. The molecule has 5 heteroatoms. The smallest absolute Gasteiger partial charge is 0.293 e. The molecule has 0 spiro atoms. The lowest BCUT2D eigenvalue weighted by Crippen LogP contribution is -2.22. The number of hydrogen-bond donors (Lipinski definition) is 0. The highest BCUT2D eigenvalue weighted by Gasteiger charge is 2.32. The summed E-state index contributed by atoms with van der Waals surface area (Å²) in [5.41, 5.74) is 6.66. The van der Waals surface area contributed by atoms with Crippen LogP contribution in [0.2, 0.25) is 0 Å². The number of benzene rings is 1. The number of imide groups is 1. The average Bonchev–Trinajstić information content (AvgIpc) is 2.90. The molecule has 2 amide bonds. The Kier molecular flexibility index (Phi) is 4.13. The third-order valence-electron chi connectivity index (χ3n) is 4.21. The van der Waals surface area contributed by atoms with Gasteiger partial charge in [0.1, 0.15) is 0 Å². The molecule has 2 heterocycles. The van der Waals surface area contributed by atoms with E-state index < -0.39 is 0 Å². The molecule has 0 unspecified atom stereocenters. The molecule has 24 heavy (non-hydrogen) atoms. The zero-order chi connectivity index (χ0) is 17.6. The number of aromatic nitrogens is 1. The van der Waals surface area contributed by atoms with E-state index in [0.717, 1.165) is 39.3 Å². The largest absolute Gasteiger partial charge is 0.318 e. The summed E-state index contributed by atoms with van der Waals surface area (Å²) in [5.74, 6) is -0.235. The van der Waals surface area contributed by atoms with Gasteiger partial charge in [0.05, 0.1) is 4.91 Å². The van der Waals surface area contributed by atoms with E-state index in [0.29, 0.717) is 4.91 Å². The summed E-state index contributed by atoms with van der Waals surface area (Å²) >= 11 is 0.990. The molecule has 1 fully saturated rings. The Morgan fingerprint density at radius 1 is 0.958 bits per heavy atom. The van der Waals surface area contributed by atoms with Gasteiger partial charge in [0, 0.05) is 24.1 Å². The highest BCUT2D eigenvalue weighted by atomic mass is 32.2. The maximum atomic E-state index is 12.1. The van der Waals surface area contributed by atoms with E-state index in [4.69, 9.17) is 0 Å². The predicted octanol–water partition coefficient (Wildman–Crippen LogP) is 4.38. The van der Waals surface area contributed by atoms with Gasteiger partial charge in [0.15, 0.2) is 0 Å². The Morgan fingerprint density at radius 3 is 2.12 bits per heavy atom. The fraction of sp³-hybridized carbons (Fsp3) is 0.263. The first kappa shape index (κ1) is 16.6. The van der Waals surface area contributed by atoms with Crippen LogP contribution in [-0.4, -0.2) is 27.7 Å². The Hall–Kier alpha value is -2.27. The van der Waals surface area contributed by atoms with Gasteiger partial charge in [0.2, 0.25) is 0 Å². The molecule has 0 atom stereocenters. The van der Waals surface area contributed by atoms with Crippen molar-refractivity contribution in [1.82, 2.24) is 9.47 Å². The van der Waals surface area contributed by atoms with Crippen LogP contribution in [-0.2, 0) is 4.79 Å². The summed E-state index contributed by atoms with van der Waals surface area (Å²) in [6.45, 7) is 8.26. The summed E-state index contributed by atoms with van der Waals surface area (Å²) in [7, 11) is 1.51. The van der Waals surface area contributed by atoms with Crippen LogP contribution in [0.25, 0.3) is 11.8 Å². The summed E-state index contributed by atoms with van der Waals surface area (Å²) in [4.78, 5) is 25.4. The van der Waals surface area contributed by atoms with E-state index in [1.165, 1.54) is 18.2 Å². The van der Waals surface area contributed by atoms with Crippen molar-refractivity contribution < 1.29 is 9.59 Å². The lowest BCUT2D eigenvalue weighted by atomic mass is 10.1. The van der Waals surface area contributed by atoms with Crippen LogP contribution in [0.3, 0.4) is 0 Å². The SMILES string of the molecule is Cc1cc(C)cc(-n2c(C)cc(/C=C3\SC(=O)N(C)C3=O)c2C)c1. The number of nitrogens with zero attached hydrogens (tertiary/aromatic N) is 2. The lowest BCUT2D eigenvalue weighted by Gasteiger charge is -2.12. The fourth-order valence-corrected chi connectivity index (χ4v) is 3.92. The standard InChI is InChI=1S/C19H20N2O2S/c1-11-6-12(2)8-16(7-11)21-13(3)9-15(14(21)4)10-17-18(22)20(5)19(23)24-17/h6-10H,1-5H3/b17-10-. The van der Waals surface area contributed by atoms with E-state index in [-0.39, 0.29) is 11.1 Å². The van der Waals surface area contributed by atoms with E-state index in [1.807, 2.05) is 19.9 Å². The second kappa shape index (κ2) is 5.98. The van der Waals surface area contributed by atoms with E-state index in [2.05, 4.69) is 42.7 Å². The van der Waals surface area contributed by atoms with Gasteiger partial charge in [-0.1, -0.05) is 6.07 Å². The Labute approximate surface area is 146 Å². The van der Waals surface area contributed by atoms with Gasteiger partial charge in [-0.25, -0.2) is 0 Å². The van der Waals surface area contributed by atoms with Crippen LogP contribution in [0.1, 0.15) is 28.1 Å². The number of aryl methyl sites for hydroxylation is 3. The van der Waals surface area contributed by atoms with Crippen molar-refractivity contribution in [1.29, 1.82) is 0 Å². The lowest BCUT2D eigenvalue weighted by molar-refractivity contribution is -0.121. The van der Waals surface area contributed by atoms with Crippen molar-refractivity contribution in [2.75, 3.05) is 7.05 Å². The molecule has 0 aliphatic carbocycles. The molecule has 4 nitrogen and oxygen atoms in total. The fourth-order valence-electron chi connectivity index (χ4n) is 3.10. The molecular weight excluding hydrogens is 320 g/mol. The van der Waals surface area contributed by atoms with Gasteiger partial charge in [0.25, 0.3) is 11.1 Å². The zero-order valence-electron chi connectivity index (χ0n) is 14.5. The molecule has 1 aliphatic rings. The second-order valence-corrected chi connectivity index (χ2v) is 7.24. The molecular formula is C19H20N2O2S. The Morgan fingerprint density at radius 2 is 1.58 bits per heavy atom. The minimum Gasteiger partial charge on any atom is -0.318 e. The molecule has 1 aromatic heterocycles. The monoisotopic (exact) mass is 340 g/mol. The normalized spacial score (nSPS) is 16.5. The van der Waals surface area contributed by atoms with Crippen LogP contribution < -0.4 is 0 Å². The molecule has 2 aromatic rings. The summed E-state index contributed by atoms with van der Waals surface area (Å²) in [6, 6.07) is 8.50. The van der Waals surface area contributed by atoms with Crippen LogP contribution >= 0.6 is 11.8 Å². The number of amides is 2. The van der Waals surface area contributed by atoms with Gasteiger partial charge in [-0.2, -0.15) is 0 Å². The van der Waals surface area contributed by atoms with Gasteiger partial charge in [-0.05, 0) is 80.4 Å². The molecule has 1 aromatic carbocycles. The van der Waals surface area contributed by atoms with Gasteiger partial charge in [-0.15, -0.1) is 0 Å². The average molecular weight is 340 g/mol. The number of carbonyl (C=O) groups is 2. The zero-order valence-corrected chi connectivity index (χ0v) is 15.3. The highest BCUT2D eigenvalue weighted by Crippen LogP contribution is 2.32. The Bertz CT molecular complexity index is 873. The van der Waals surface area contributed by atoms with Crippen LogP contribution in [0.5, 0.6) is 0 Å². The number of rotatable bonds is 2. The van der Waals surface area contributed by atoms with Crippen LogP contribution in [0.4, 0.5) is 4.79 Å². The summed E-state index contributed by atoms with van der Waals surface area (Å²) < 4.78 is 2.18. The molecule has 1 aliphatic heterocycles. The third-order valence-corrected chi connectivity index (χ3v) is 5.17. The molecule has 0 saturated carbocycles. The van der Waals surface area contributed by atoms with Crippen LogP contribution in [0, 0.1) is 27.7 Å². The molecule has 0 bridgehead atoms. The quantitative estimate of drug-likeness (QED) is 0.762. The topological polar surface area (TPSA) is 42.3 Å². The molecule has 0 radical (unpaired) electrons. The molecule has 124 valence electrons. The third kappa shape index (κ3) is 2.80. The molecule has 1 saturated heterocycles. The van der Waals surface area contributed by atoms with Crippen molar-refractivity contribution in [2.24, 2.45) is 0 Å². The van der Waals surface area contributed by atoms with Gasteiger partial charge < -0.3 is 4.57 Å². The first-order valence-electron chi connectivity index (χ1n) is 7.77. The van der Waals surface area contributed by atoms with Crippen molar-refractivity contribution in [2.45, 2.75) is 27.7 Å². The second-order valence-electron chi connectivity index (χ2n) is 6.25. The first-order valence-corrected chi connectivity index (χ1v) is 8.58. The van der Waals surface area contributed by atoms with E-state index in [1.54, 1.807) is 0 Å². The predicted molar refractivity (Wildman–Crippen MR) is 98.5 cm³/mol. The van der Waals surface area contributed by atoms with Crippen molar-refractivity contribution in [3.8, 4) is 5.69 Å². The maximum absolute atomic E-state index is 12.1. The van der Waals surface area contributed by atoms with E-state index in [9.17, 15) is 9.59 Å². The maximum Gasteiger partial charge on any atom is 0.293 e. The van der Waals surface area contributed by atoms with Crippen molar-refractivity contribution >= 4 is 29.0 Å². The summed E-state index contributed by atoms with van der Waals surface area (Å²) in [6.07, 6.45) is 1.82. The van der Waals surface area contributed by atoms with Crippen LogP contribution in [0.15, 0.2) is 29.2 Å². The summed E-state index contributed by atoms with van der Waals surface area (Å²) in [5, 5.41) is -0.227. The number of thioether (sulfide) groups is 1. The van der Waals surface area contributed by atoms with Crippen molar-refractivity contribution in [3.05, 3.63) is 57.2 Å². The minimum atomic E-state index is -0.235. The van der Waals surface area contributed by atoms with Gasteiger partial charge in [-0.3, -0.25) is 14.5 Å². The van der Waals surface area contributed by atoms with E-state index >= 15 is 0 Å². The Balaban J connectivity index is 2.08.